The largest absolute Gasteiger partial charge is 0.324 e. The Morgan fingerprint density at radius 3 is 2.64 bits per heavy atom. The Bertz CT molecular complexity index is 1050. The lowest BCUT2D eigenvalue weighted by molar-refractivity contribution is -0.124. The van der Waals surface area contributed by atoms with Crippen molar-refractivity contribution in [2.75, 3.05) is 5.32 Å². The van der Waals surface area contributed by atoms with E-state index in [1.165, 1.54) is 24.4 Å². The maximum Gasteiger partial charge on any atom is 0.231 e. The lowest BCUT2D eigenvalue weighted by atomic mass is 9.77. The van der Waals surface area contributed by atoms with E-state index < -0.39 is 11.2 Å². The molecular weight excluding hydrogens is 358 g/mol. The van der Waals surface area contributed by atoms with Crippen LogP contribution >= 0.6 is 0 Å². The molecule has 0 bridgehead atoms. The normalized spacial score (nSPS) is 13.1. The maximum atomic E-state index is 13.8. The molecule has 144 valence electrons. The summed E-state index contributed by atoms with van der Waals surface area (Å²) >= 11 is 0. The highest BCUT2D eigenvalue weighted by Crippen LogP contribution is 2.32. The molecule has 1 amide bonds. The van der Waals surface area contributed by atoms with Crippen molar-refractivity contribution in [2.24, 2.45) is 5.41 Å². The molecule has 0 fully saturated rings. The minimum atomic E-state index is -0.823. The van der Waals surface area contributed by atoms with Crippen LogP contribution in [0.5, 0.6) is 0 Å². The summed E-state index contributed by atoms with van der Waals surface area (Å²) in [4.78, 5) is 17.2. The van der Waals surface area contributed by atoms with E-state index >= 15 is 0 Å². The van der Waals surface area contributed by atoms with Crippen molar-refractivity contribution in [2.45, 2.75) is 26.7 Å². The van der Waals surface area contributed by atoms with Crippen LogP contribution in [0.4, 0.5) is 14.5 Å². The first-order valence-corrected chi connectivity index (χ1v) is 9.01. The molecule has 1 unspecified atom stereocenters. The van der Waals surface area contributed by atoms with E-state index in [-0.39, 0.29) is 17.2 Å². The van der Waals surface area contributed by atoms with Crippen LogP contribution in [0.3, 0.4) is 0 Å². The Labute approximate surface area is 163 Å². The molecule has 28 heavy (non-hydrogen) atoms. The Morgan fingerprint density at radius 2 is 1.93 bits per heavy atom. The van der Waals surface area contributed by atoms with Gasteiger partial charge in [0.05, 0.1) is 17.3 Å². The van der Waals surface area contributed by atoms with Gasteiger partial charge in [-0.25, -0.2) is 8.78 Å². The molecule has 2 aromatic carbocycles. The number of aromatic nitrogens is 1. The molecule has 3 nitrogen and oxygen atoms in total. The highest BCUT2D eigenvalue weighted by Gasteiger charge is 2.33. The number of hydrogen-bond acceptors (Lipinski definition) is 2. The molecule has 0 saturated heterocycles. The molecule has 0 aliphatic heterocycles. The van der Waals surface area contributed by atoms with E-state index in [2.05, 4.69) is 16.9 Å². The molecule has 0 radical (unpaired) electrons. The van der Waals surface area contributed by atoms with Crippen LogP contribution < -0.4 is 5.32 Å². The number of amides is 1. The van der Waals surface area contributed by atoms with Crippen LogP contribution in [-0.2, 0) is 11.2 Å². The van der Waals surface area contributed by atoms with Crippen LogP contribution in [0, 0.1) is 17.0 Å². The van der Waals surface area contributed by atoms with Crippen molar-refractivity contribution in [1.29, 1.82) is 0 Å². The van der Waals surface area contributed by atoms with E-state index in [1.807, 2.05) is 13.8 Å². The van der Waals surface area contributed by atoms with E-state index in [0.29, 0.717) is 23.9 Å². The summed E-state index contributed by atoms with van der Waals surface area (Å²) in [5.41, 5.74) is 1.50. The SMILES string of the molecule is C=C(C)CC(C)(Cc1cccc(F)c1)C(=O)Nc1cnc2c(F)cccc2c1. The second kappa shape index (κ2) is 7.89. The average Bonchev–Trinajstić information content (AvgIpc) is 2.61. The highest BCUT2D eigenvalue weighted by molar-refractivity contribution is 5.97. The summed E-state index contributed by atoms with van der Waals surface area (Å²) in [5.74, 6) is -0.970. The molecule has 1 N–H and O–H groups in total. The van der Waals surface area contributed by atoms with E-state index in [1.54, 1.807) is 30.3 Å². The van der Waals surface area contributed by atoms with Gasteiger partial charge in [-0.05, 0) is 49.6 Å². The number of carbonyl (C=O) groups is 1. The van der Waals surface area contributed by atoms with Crippen LogP contribution in [-0.4, -0.2) is 10.9 Å². The van der Waals surface area contributed by atoms with Crippen molar-refractivity contribution in [3.8, 4) is 0 Å². The summed E-state index contributed by atoms with van der Waals surface area (Å²) in [6, 6.07) is 12.6. The second-order valence-corrected chi connectivity index (χ2v) is 7.49. The summed E-state index contributed by atoms with van der Waals surface area (Å²) in [5, 5.41) is 3.48. The maximum absolute atomic E-state index is 13.8. The van der Waals surface area contributed by atoms with Crippen molar-refractivity contribution in [3.05, 3.63) is 84.1 Å². The van der Waals surface area contributed by atoms with Crippen LogP contribution in [0.15, 0.2) is 66.9 Å². The summed E-state index contributed by atoms with van der Waals surface area (Å²) in [6.07, 6.45) is 2.25. The summed E-state index contributed by atoms with van der Waals surface area (Å²) in [7, 11) is 0. The fourth-order valence-electron chi connectivity index (χ4n) is 3.46. The van der Waals surface area contributed by atoms with Crippen molar-refractivity contribution >= 4 is 22.5 Å². The zero-order chi connectivity index (χ0) is 20.3. The molecule has 0 aliphatic rings. The molecule has 3 aromatic rings. The molecule has 1 aromatic heterocycles. The predicted octanol–water partition coefficient (Wildman–Crippen LogP) is 5.67. The van der Waals surface area contributed by atoms with Gasteiger partial charge in [-0.2, -0.15) is 0 Å². The number of pyridine rings is 1. The van der Waals surface area contributed by atoms with Gasteiger partial charge in [0, 0.05) is 5.39 Å². The lowest BCUT2D eigenvalue weighted by Gasteiger charge is -2.29. The minimum absolute atomic E-state index is 0.225. The predicted molar refractivity (Wildman–Crippen MR) is 108 cm³/mol. The van der Waals surface area contributed by atoms with Crippen molar-refractivity contribution < 1.29 is 13.6 Å². The van der Waals surface area contributed by atoms with Gasteiger partial charge >= 0.3 is 0 Å². The minimum Gasteiger partial charge on any atom is -0.324 e. The van der Waals surface area contributed by atoms with Gasteiger partial charge in [-0.1, -0.05) is 36.8 Å². The van der Waals surface area contributed by atoms with Gasteiger partial charge in [0.15, 0.2) is 0 Å². The van der Waals surface area contributed by atoms with Gasteiger partial charge < -0.3 is 5.32 Å². The van der Waals surface area contributed by atoms with Crippen LogP contribution in [0.2, 0.25) is 0 Å². The van der Waals surface area contributed by atoms with E-state index in [9.17, 15) is 13.6 Å². The number of anilines is 1. The number of halogens is 2. The van der Waals surface area contributed by atoms with E-state index in [4.69, 9.17) is 0 Å². The van der Waals surface area contributed by atoms with Crippen LogP contribution in [0.25, 0.3) is 10.9 Å². The number of benzene rings is 2. The van der Waals surface area contributed by atoms with Gasteiger partial charge in [0.25, 0.3) is 0 Å². The molecule has 1 heterocycles. The van der Waals surface area contributed by atoms with Gasteiger partial charge in [-0.15, -0.1) is 6.58 Å². The number of nitrogens with zero attached hydrogens (tertiary/aromatic N) is 1. The summed E-state index contributed by atoms with van der Waals surface area (Å²) in [6.45, 7) is 7.62. The molecule has 5 heteroatoms. The Morgan fingerprint density at radius 1 is 1.18 bits per heavy atom. The zero-order valence-corrected chi connectivity index (χ0v) is 15.9. The van der Waals surface area contributed by atoms with Crippen LogP contribution in [0.1, 0.15) is 25.8 Å². The monoisotopic (exact) mass is 380 g/mol. The van der Waals surface area contributed by atoms with Gasteiger partial charge in [0.1, 0.15) is 17.2 Å². The Hall–Kier alpha value is -3.08. The number of hydrogen-bond donors (Lipinski definition) is 1. The third kappa shape index (κ3) is 4.42. The number of para-hydroxylation sites is 1. The summed E-state index contributed by atoms with van der Waals surface area (Å²) < 4.78 is 27.4. The smallest absolute Gasteiger partial charge is 0.231 e. The highest BCUT2D eigenvalue weighted by atomic mass is 19.1. The molecule has 1 atom stereocenters. The standard InChI is InChI=1S/C23H22F2N2O/c1-15(2)12-23(3,13-16-6-4-8-18(24)10-16)22(28)27-19-11-17-7-5-9-20(25)21(17)26-14-19/h4-11,14H,1,12-13H2,2-3H3,(H,27,28). The fourth-order valence-corrected chi connectivity index (χ4v) is 3.46. The average molecular weight is 380 g/mol. The first-order valence-electron chi connectivity index (χ1n) is 9.01. The Kier molecular flexibility index (Phi) is 5.54. The molecule has 3 rings (SSSR count). The lowest BCUT2D eigenvalue weighted by Crippen LogP contribution is -2.36. The zero-order valence-electron chi connectivity index (χ0n) is 15.9. The fraction of sp³-hybridized carbons (Fsp3) is 0.217. The third-order valence-corrected chi connectivity index (χ3v) is 4.64. The number of fused-ring (bicyclic) bond motifs is 1. The third-order valence-electron chi connectivity index (χ3n) is 4.64. The van der Waals surface area contributed by atoms with E-state index in [0.717, 1.165) is 11.1 Å². The number of nitrogens with one attached hydrogen (secondary N) is 1. The number of rotatable bonds is 6. The van der Waals surface area contributed by atoms with Crippen molar-refractivity contribution in [3.63, 3.8) is 0 Å². The first kappa shape index (κ1) is 19.7. The first-order chi connectivity index (χ1) is 13.3. The number of allylic oxidation sites excluding steroid dienone is 1. The second-order valence-electron chi connectivity index (χ2n) is 7.49. The molecular formula is C23H22F2N2O. The topological polar surface area (TPSA) is 42.0 Å². The Balaban J connectivity index is 1.88. The molecule has 0 aliphatic carbocycles. The quantitative estimate of drug-likeness (QED) is 0.560. The van der Waals surface area contributed by atoms with Crippen molar-refractivity contribution in [1.82, 2.24) is 4.98 Å². The molecule has 0 saturated carbocycles. The van der Waals surface area contributed by atoms with Gasteiger partial charge in [0.2, 0.25) is 5.91 Å². The van der Waals surface area contributed by atoms with Gasteiger partial charge in [-0.3, -0.25) is 9.78 Å². The molecule has 0 spiro atoms. The number of carbonyl (C=O) groups excluding carboxylic acids is 1.